The van der Waals surface area contributed by atoms with Gasteiger partial charge < -0.3 is 5.32 Å². The molecule has 1 amide bonds. The zero-order valence-corrected chi connectivity index (χ0v) is 12.9. The Kier molecular flexibility index (Phi) is 3.72. The van der Waals surface area contributed by atoms with Crippen LogP contribution in [0.15, 0.2) is 59.5 Å². The highest BCUT2D eigenvalue weighted by Crippen LogP contribution is 2.29. The van der Waals surface area contributed by atoms with Gasteiger partial charge in [0.05, 0.1) is 16.5 Å². The molecule has 22 heavy (non-hydrogen) atoms. The van der Waals surface area contributed by atoms with Gasteiger partial charge in [-0.05, 0) is 17.7 Å². The number of carbonyl (C=O) groups excluding carboxylic acids is 1. The molecular formula is C16H16N2O3S. The average Bonchev–Trinajstić information content (AvgIpc) is 2.55. The summed E-state index contributed by atoms with van der Waals surface area (Å²) >= 11 is 0. The van der Waals surface area contributed by atoms with E-state index in [9.17, 15) is 13.2 Å². The van der Waals surface area contributed by atoms with Crippen LogP contribution in [0.3, 0.4) is 0 Å². The maximum absolute atomic E-state index is 12.9. The molecule has 0 aromatic heterocycles. The molecule has 0 radical (unpaired) electrons. The van der Waals surface area contributed by atoms with E-state index >= 15 is 0 Å². The van der Waals surface area contributed by atoms with E-state index in [4.69, 9.17) is 0 Å². The Bertz CT molecular complexity index is 803. The summed E-state index contributed by atoms with van der Waals surface area (Å²) in [6.45, 7) is 0.229. The molecule has 1 N–H and O–H groups in total. The minimum absolute atomic E-state index is 0.0376. The van der Waals surface area contributed by atoms with Crippen molar-refractivity contribution in [1.29, 1.82) is 0 Å². The van der Waals surface area contributed by atoms with Crippen molar-refractivity contribution in [1.82, 2.24) is 9.62 Å². The standard InChI is InChI=1S/C16H16N2O3S/c1-18-14(12-7-3-2-4-8-12)11-17-16(19)13-9-5-6-10-15(13)22(18,20)21/h2-10,14H,11H2,1H3,(H,17,19). The van der Waals surface area contributed by atoms with Crippen LogP contribution in [-0.2, 0) is 10.0 Å². The number of hydrogen-bond acceptors (Lipinski definition) is 3. The summed E-state index contributed by atoms with van der Waals surface area (Å²) in [7, 11) is -2.20. The highest BCUT2D eigenvalue weighted by atomic mass is 32.2. The Morgan fingerprint density at radius 2 is 1.68 bits per heavy atom. The molecular weight excluding hydrogens is 300 g/mol. The van der Waals surface area contributed by atoms with Crippen molar-refractivity contribution in [3.05, 3.63) is 65.7 Å². The third kappa shape index (κ3) is 2.40. The smallest absolute Gasteiger partial charge is 0.252 e. The molecule has 1 aliphatic rings. The van der Waals surface area contributed by atoms with Gasteiger partial charge in [0.15, 0.2) is 0 Å². The van der Waals surface area contributed by atoms with Crippen molar-refractivity contribution < 1.29 is 13.2 Å². The van der Waals surface area contributed by atoms with Crippen LogP contribution in [0.5, 0.6) is 0 Å². The first-order chi connectivity index (χ1) is 10.5. The second-order valence-corrected chi connectivity index (χ2v) is 7.12. The lowest BCUT2D eigenvalue weighted by molar-refractivity contribution is 0.0939. The van der Waals surface area contributed by atoms with Crippen molar-refractivity contribution in [3.63, 3.8) is 0 Å². The molecule has 0 saturated carbocycles. The summed E-state index contributed by atoms with van der Waals surface area (Å²) < 4.78 is 27.0. The van der Waals surface area contributed by atoms with E-state index in [1.807, 2.05) is 30.3 Å². The largest absolute Gasteiger partial charge is 0.350 e. The number of likely N-dealkylation sites (N-methyl/N-ethyl adjacent to an activating group) is 1. The van der Waals surface area contributed by atoms with Crippen LogP contribution < -0.4 is 5.32 Å². The van der Waals surface area contributed by atoms with Crippen LogP contribution in [0.25, 0.3) is 0 Å². The third-order valence-electron chi connectivity index (χ3n) is 3.87. The van der Waals surface area contributed by atoms with Crippen LogP contribution in [0.1, 0.15) is 22.0 Å². The molecule has 3 rings (SSSR count). The molecule has 0 fully saturated rings. The monoisotopic (exact) mass is 316 g/mol. The Hall–Kier alpha value is -2.18. The van der Waals surface area contributed by atoms with Crippen LogP contribution in [0, 0.1) is 0 Å². The second-order valence-electron chi connectivity index (χ2n) is 5.15. The molecule has 2 aromatic rings. The van der Waals surface area contributed by atoms with Gasteiger partial charge in [0.2, 0.25) is 10.0 Å². The van der Waals surface area contributed by atoms with Crippen LogP contribution in [0.2, 0.25) is 0 Å². The number of benzene rings is 2. The minimum Gasteiger partial charge on any atom is -0.350 e. The van der Waals surface area contributed by atoms with E-state index in [2.05, 4.69) is 5.32 Å². The van der Waals surface area contributed by atoms with Gasteiger partial charge in [0.1, 0.15) is 0 Å². The van der Waals surface area contributed by atoms with Gasteiger partial charge in [-0.1, -0.05) is 42.5 Å². The summed E-state index contributed by atoms with van der Waals surface area (Å²) in [5, 5.41) is 2.81. The van der Waals surface area contributed by atoms with Gasteiger partial charge in [-0.2, -0.15) is 4.31 Å². The lowest BCUT2D eigenvalue weighted by atomic mass is 10.1. The van der Waals surface area contributed by atoms with Gasteiger partial charge in [0, 0.05) is 13.6 Å². The number of hydrogen-bond donors (Lipinski definition) is 1. The van der Waals surface area contributed by atoms with Gasteiger partial charge in [-0.25, -0.2) is 8.42 Å². The van der Waals surface area contributed by atoms with E-state index in [0.29, 0.717) is 0 Å². The predicted molar refractivity (Wildman–Crippen MR) is 82.9 cm³/mol. The molecule has 1 atom stereocenters. The molecule has 1 heterocycles. The number of amides is 1. The number of carbonyl (C=O) groups is 1. The topological polar surface area (TPSA) is 66.5 Å². The van der Waals surface area contributed by atoms with E-state index in [1.165, 1.54) is 16.4 Å². The number of rotatable bonds is 1. The van der Waals surface area contributed by atoms with Crippen LogP contribution >= 0.6 is 0 Å². The Morgan fingerprint density at radius 3 is 2.41 bits per heavy atom. The first-order valence-corrected chi connectivity index (χ1v) is 8.36. The highest BCUT2D eigenvalue weighted by Gasteiger charge is 2.34. The summed E-state index contributed by atoms with van der Waals surface area (Å²) in [5.41, 5.74) is 1.02. The Morgan fingerprint density at radius 1 is 1.05 bits per heavy atom. The molecule has 0 spiro atoms. The maximum atomic E-state index is 12.9. The van der Waals surface area contributed by atoms with E-state index in [1.54, 1.807) is 19.2 Å². The summed E-state index contributed by atoms with van der Waals surface area (Å²) in [6, 6.07) is 15.1. The summed E-state index contributed by atoms with van der Waals surface area (Å²) in [6.07, 6.45) is 0. The summed E-state index contributed by atoms with van der Waals surface area (Å²) in [5.74, 6) is -0.367. The quantitative estimate of drug-likeness (QED) is 0.872. The molecule has 0 aliphatic carbocycles. The number of fused-ring (bicyclic) bond motifs is 1. The van der Waals surface area contributed by atoms with Crippen LogP contribution in [0.4, 0.5) is 0 Å². The number of sulfonamides is 1. The molecule has 6 heteroatoms. The lowest BCUT2D eigenvalue weighted by Gasteiger charge is -2.31. The number of nitrogens with zero attached hydrogens (tertiary/aromatic N) is 1. The Labute approximate surface area is 129 Å². The molecule has 1 aliphatic heterocycles. The second kappa shape index (κ2) is 5.55. The van der Waals surface area contributed by atoms with Crippen molar-refractivity contribution in [3.8, 4) is 0 Å². The van der Waals surface area contributed by atoms with Gasteiger partial charge in [-0.15, -0.1) is 0 Å². The van der Waals surface area contributed by atoms with Gasteiger partial charge in [0.25, 0.3) is 5.91 Å². The zero-order chi connectivity index (χ0) is 15.7. The van der Waals surface area contributed by atoms with Crippen molar-refractivity contribution in [2.45, 2.75) is 10.9 Å². The van der Waals surface area contributed by atoms with Crippen LogP contribution in [-0.4, -0.2) is 32.2 Å². The van der Waals surface area contributed by atoms with Crippen molar-refractivity contribution in [2.75, 3.05) is 13.6 Å². The SMILES string of the molecule is CN1C(c2ccccc2)CNC(=O)c2ccccc2S1(=O)=O. The fraction of sp³-hybridized carbons (Fsp3) is 0.188. The fourth-order valence-electron chi connectivity index (χ4n) is 2.62. The molecule has 5 nitrogen and oxygen atoms in total. The minimum atomic E-state index is -3.74. The Balaban J connectivity index is 2.14. The molecule has 0 bridgehead atoms. The molecule has 0 saturated heterocycles. The van der Waals surface area contributed by atoms with Gasteiger partial charge in [-0.3, -0.25) is 4.79 Å². The fourth-order valence-corrected chi connectivity index (χ4v) is 4.15. The van der Waals surface area contributed by atoms with Crippen molar-refractivity contribution >= 4 is 15.9 Å². The molecule has 1 unspecified atom stereocenters. The average molecular weight is 316 g/mol. The first kappa shape index (κ1) is 14.7. The first-order valence-electron chi connectivity index (χ1n) is 6.92. The van der Waals surface area contributed by atoms with Gasteiger partial charge >= 0.3 is 0 Å². The summed E-state index contributed by atoms with van der Waals surface area (Å²) in [4.78, 5) is 12.3. The molecule has 2 aromatic carbocycles. The lowest BCUT2D eigenvalue weighted by Crippen LogP contribution is -2.42. The zero-order valence-electron chi connectivity index (χ0n) is 12.1. The highest BCUT2D eigenvalue weighted by molar-refractivity contribution is 7.89. The van der Waals surface area contributed by atoms with Crippen molar-refractivity contribution in [2.24, 2.45) is 0 Å². The van der Waals surface area contributed by atoms with E-state index < -0.39 is 16.1 Å². The molecule has 114 valence electrons. The maximum Gasteiger partial charge on any atom is 0.252 e. The third-order valence-corrected chi connectivity index (χ3v) is 5.79. The van der Waals surface area contributed by atoms with E-state index in [0.717, 1.165) is 5.56 Å². The predicted octanol–water partition coefficient (Wildman–Crippen LogP) is 1.79. The number of nitrogens with one attached hydrogen (secondary N) is 1. The normalized spacial score (nSPS) is 21.3. The van der Waals surface area contributed by atoms with E-state index in [-0.39, 0.29) is 22.9 Å².